The van der Waals surface area contributed by atoms with Crippen LogP contribution in [0, 0.1) is 0 Å². The van der Waals surface area contributed by atoms with E-state index in [1.165, 1.54) is 13.8 Å². The smallest absolute Gasteiger partial charge is 0.193 e. The number of carbonyl (C=O) groups excluding carboxylic acids is 2. The number of Topliss-reactive ketones (excluding diaryl/α,β-unsaturated/α-hetero) is 1. The Balaban J connectivity index is 1.32. The van der Waals surface area contributed by atoms with Crippen LogP contribution in [0.25, 0.3) is 0 Å². The lowest BCUT2D eigenvalue weighted by atomic mass is 9.94. The molecule has 0 saturated carbocycles. The fourth-order valence-corrected chi connectivity index (χ4v) is 3.67. The van der Waals surface area contributed by atoms with Crippen LogP contribution in [0.1, 0.15) is 36.2 Å². The average molecular weight is 481 g/mol. The standard InChI is InChI=1S/C31H28O5/c1-31(2,34)30(33)25-8-6-7-22(11-12-25)21-35-26-17-13-23(14-18-26)29(32)24-15-19-28(20-16-24)36-27-9-4-3-5-10-27/h3-11,13-20,34H,12,21H2,1-2H3. The summed E-state index contributed by atoms with van der Waals surface area (Å²) in [5.41, 5.74) is 1.21. The maximum absolute atomic E-state index is 12.9. The molecule has 1 aliphatic carbocycles. The van der Waals surface area contributed by atoms with E-state index < -0.39 is 5.60 Å². The molecule has 182 valence electrons. The number of aliphatic hydroxyl groups is 1. The van der Waals surface area contributed by atoms with Crippen molar-refractivity contribution < 1.29 is 24.2 Å². The summed E-state index contributed by atoms with van der Waals surface area (Å²) in [7, 11) is 0. The van der Waals surface area contributed by atoms with Crippen molar-refractivity contribution in [2.45, 2.75) is 25.9 Å². The summed E-state index contributed by atoms with van der Waals surface area (Å²) < 4.78 is 11.7. The van der Waals surface area contributed by atoms with Gasteiger partial charge in [0.25, 0.3) is 0 Å². The van der Waals surface area contributed by atoms with Gasteiger partial charge in [-0.3, -0.25) is 9.59 Å². The van der Waals surface area contributed by atoms with Crippen LogP contribution in [0.3, 0.4) is 0 Å². The van der Waals surface area contributed by atoms with Gasteiger partial charge >= 0.3 is 0 Å². The number of carbonyl (C=O) groups is 2. The summed E-state index contributed by atoms with van der Waals surface area (Å²) in [6.45, 7) is 3.30. The van der Waals surface area contributed by atoms with Crippen LogP contribution in [-0.4, -0.2) is 28.9 Å². The van der Waals surface area contributed by atoms with Crippen molar-refractivity contribution in [1.29, 1.82) is 0 Å². The molecular weight excluding hydrogens is 452 g/mol. The molecule has 0 atom stereocenters. The zero-order valence-corrected chi connectivity index (χ0v) is 20.3. The molecule has 0 unspecified atom stereocenters. The third-order valence-corrected chi connectivity index (χ3v) is 5.66. The average Bonchev–Trinajstić information content (AvgIpc) is 3.13. The predicted molar refractivity (Wildman–Crippen MR) is 140 cm³/mol. The first-order valence-corrected chi connectivity index (χ1v) is 11.7. The Kier molecular flexibility index (Phi) is 7.62. The minimum Gasteiger partial charge on any atom is -0.489 e. The van der Waals surface area contributed by atoms with Crippen LogP contribution >= 0.6 is 0 Å². The highest BCUT2D eigenvalue weighted by atomic mass is 16.5. The molecule has 1 aliphatic rings. The highest BCUT2D eigenvalue weighted by Gasteiger charge is 2.26. The van der Waals surface area contributed by atoms with Gasteiger partial charge in [-0.1, -0.05) is 42.5 Å². The number of benzene rings is 3. The molecule has 0 saturated heterocycles. The van der Waals surface area contributed by atoms with Crippen molar-refractivity contribution in [3.63, 3.8) is 0 Å². The van der Waals surface area contributed by atoms with Gasteiger partial charge < -0.3 is 14.6 Å². The number of rotatable bonds is 9. The minimum absolute atomic E-state index is 0.0858. The molecule has 0 radical (unpaired) electrons. The van der Waals surface area contributed by atoms with E-state index in [0.717, 1.165) is 11.3 Å². The summed E-state index contributed by atoms with van der Waals surface area (Å²) in [6.07, 6.45) is 7.75. The van der Waals surface area contributed by atoms with E-state index in [2.05, 4.69) is 0 Å². The topological polar surface area (TPSA) is 72.8 Å². The molecule has 3 aromatic rings. The van der Waals surface area contributed by atoms with E-state index in [9.17, 15) is 14.7 Å². The third kappa shape index (κ3) is 6.46. The van der Waals surface area contributed by atoms with Gasteiger partial charge in [-0.15, -0.1) is 0 Å². The molecule has 0 amide bonds. The van der Waals surface area contributed by atoms with Gasteiger partial charge in [0.2, 0.25) is 0 Å². The Hall–Kier alpha value is -4.22. The monoisotopic (exact) mass is 480 g/mol. The van der Waals surface area contributed by atoms with Crippen molar-refractivity contribution in [3.05, 3.63) is 125 Å². The van der Waals surface area contributed by atoms with Gasteiger partial charge in [0.15, 0.2) is 11.6 Å². The lowest BCUT2D eigenvalue weighted by Gasteiger charge is -2.16. The van der Waals surface area contributed by atoms with Gasteiger partial charge in [-0.25, -0.2) is 0 Å². The van der Waals surface area contributed by atoms with Gasteiger partial charge in [-0.2, -0.15) is 0 Å². The number of ketones is 2. The molecule has 36 heavy (non-hydrogen) atoms. The number of allylic oxidation sites excluding steroid dienone is 3. The fourth-order valence-electron chi connectivity index (χ4n) is 3.67. The SMILES string of the molecule is CC(C)(O)C(=O)C1=CC=CC(COc2ccc(C(=O)c3ccc(Oc4ccccc4)cc3)cc2)=CC1. The molecule has 0 heterocycles. The Labute approximate surface area is 211 Å². The fraction of sp³-hybridized carbons (Fsp3) is 0.161. The zero-order chi connectivity index (χ0) is 25.5. The number of hydrogen-bond donors (Lipinski definition) is 1. The number of hydrogen-bond acceptors (Lipinski definition) is 5. The van der Waals surface area contributed by atoms with Crippen LogP contribution in [0.2, 0.25) is 0 Å². The third-order valence-electron chi connectivity index (χ3n) is 5.66. The first-order chi connectivity index (χ1) is 17.3. The highest BCUT2D eigenvalue weighted by molar-refractivity contribution is 6.09. The molecule has 3 aromatic carbocycles. The van der Waals surface area contributed by atoms with Crippen molar-refractivity contribution in [3.8, 4) is 17.2 Å². The zero-order valence-electron chi connectivity index (χ0n) is 20.3. The summed E-state index contributed by atoms with van der Waals surface area (Å²) in [5, 5.41) is 9.96. The number of para-hydroxylation sites is 1. The normalized spacial score (nSPS) is 13.3. The quantitative estimate of drug-likeness (QED) is 0.367. The van der Waals surface area contributed by atoms with Gasteiger partial charge in [-0.05, 0) is 86.5 Å². The summed E-state index contributed by atoms with van der Waals surface area (Å²) >= 11 is 0. The maximum Gasteiger partial charge on any atom is 0.193 e. The summed E-state index contributed by atoms with van der Waals surface area (Å²) in [4.78, 5) is 25.2. The number of ether oxygens (including phenoxy) is 2. The van der Waals surface area contributed by atoms with Crippen LogP contribution in [0.4, 0.5) is 0 Å². The molecule has 0 spiro atoms. The molecule has 0 aromatic heterocycles. The van der Waals surface area contributed by atoms with Crippen molar-refractivity contribution >= 4 is 11.6 Å². The van der Waals surface area contributed by atoms with Crippen LogP contribution < -0.4 is 9.47 Å². The highest BCUT2D eigenvalue weighted by Crippen LogP contribution is 2.23. The lowest BCUT2D eigenvalue weighted by molar-refractivity contribution is -0.130. The van der Waals surface area contributed by atoms with Gasteiger partial charge in [0.1, 0.15) is 29.5 Å². The molecule has 4 rings (SSSR count). The van der Waals surface area contributed by atoms with Gasteiger partial charge in [0, 0.05) is 16.7 Å². The summed E-state index contributed by atoms with van der Waals surface area (Å²) in [6, 6.07) is 23.5. The van der Waals surface area contributed by atoms with E-state index in [1.54, 1.807) is 60.7 Å². The Morgan fingerprint density at radius 1 is 0.833 bits per heavy atom. The summed E-state index contributed by atoms with van der Waals surface area (Å²) in [5.74, 6) is 1.66. The molecule has 0 fully saturated rings. The van der Waals surface area contributed by atoms with E-state index in [0.29, 0.717) is 41.2 Å². The second kappa shape index (κ2) is 11.0. The lowest BCUT2D eigenvalue weighted by Crippen LogP contribution is -2.32. The Bertz CT molecular complexity index is 1310. The van der Waals surface area contributed by atoms with Crippen LogP contribution in [0.15, 0.2) is 114 Å². The second-order valence-corrected chi connectivity index (χ2v) is 9.00. The van der Waals surface area contributed by atoms with Crippen molar-refractivity contribution in [2.75, 3.05) is 6.61 Å². The maximum atomic E-state index is 12.9. The molecule has 5 nitrogen and oxygen atoms in total. The molecular formula is C31H28O5. The van der Waals surface area contributed by atoms with E-state index >= 15 is 0 Å². The predicted octanol–water partition coefficient (Wildman–Crippen LogP) is 6.24. The molecule has 0 aliphatic heterocycles. The minimum atomic E-state index is -1.40. The van der Waals surface area contributed by atoms with Gasteiger partial charge in [0.05, 0.1) is 0 Å². The van der Waals surface area contributed by atoms with E-state index in [1.807, 2.05) is 42.5 Å². The van der Waals surface area contributed by atoms with Crippen LogP contribution in [0.5, 0.6) is 17.2 Å². The van der Waals surface area contributed by atoms with Crippen molar-refractivity contribution in [2.24, 2.45) is 0 Å². The molecule has 1 N–H and O–H groups in total. The first-order valence-electron chi connectivity index (χ1n) is 11.7. The van der Waals surface area contributed by atoms with Crippen LogP contribution in [-0.2, 0) is 4.79 Å². The second-order valence-electron chi connectivity index (χ2n) is 9.00. The van der Waals surface area contributed by atoms with E-state index in [-0.39, 0.29) is 11.6 Å². The molecule has 0 bridgehead atoms. The van der Waals surface area contributed by atoms with E-state index in [4.69, 9.17) is 9.47 Å². The Morgan fingerprint density at radius 2 is 1.42 bits per heavy atom. The largest absolute Gasteiger partial charge is 0.489 e. The van der Waals surface area contributed by atoms with Crippen molar-refractivity contribution in [1.82, 2.24) is 0 Å². The first kappa shape index (κ1) is 24.9. The Morgan fingerprint density at radius 3 is 2.03 bits per heavy atom. The molecule has 5 heteroatoms.